The van der Waals surface area contributed by atoms with Crippen molar-refractivity contribution in [2.45, 2.75) is 11.1 Å². The van der Waals surface area contributed by atoms with Gasteiger partial charge in [-0.25, -0.2) is 13.2 Å². The van der Waals surface area contributed by atoms with E-state index >= 15 is 0 Å². The van der Waals surface area contributed by atoms with Crippen LogP contribution >= 0.6 is 11.3 Å². The van der Waals surface area contributed by atoms with Gasteiger partial charge in [-0.05, 0) is 19.1 Å². The van der Waals surface area contributed by atoms with Crippen LogP contribution in [0.4, 0.5) is 0 Å². The number of hydrogen-bond acceptors (Lipinski definition) is 5. The van der Waals surface area contributed by atoms with E-state index in [1.165, 1.54) is 19.2 Å². The predicted octanol–water partition coefficient (Wildman–Crippen LogP) is 0.203. The van der Waals surface area contributed by atoms with Crippen LogP contribution in [0, 0.1) is 0 Å². The van der Waals surface area contributed by atoms with E-state index in [0.717, 1.165) is 4.31 Å². The number of sulfonamides is 1. The summed E-state index contributed by atoms with van der Waals surface area (Å²) in [5.74, 6) is -1.60. The molecule has 0 unspecified atom stereocenters. The van der Waals surface area contributed by atoms with Crippen LogP contribution < -0.4 is 5.32 Å². The molecule has 0 saturated carbocycles. The number of thiophene rings is 1. The Balaban J connectivity index is 2.90. The molecule has 1 heterocycles. The Hall–Kier alpha value is -1.45. The van der Waals surface area contributed by atoms with Gasteiger partial charge < -0.3 is 10.4 Å². The number of nitrogens with one attached hydrogen (secondary N) is 1. The van der Waals surface area contributed by atoms with Gasteiger partial charge in [0, 0.05) is 13.6 Å². The summed E-state index contributed by atoms with van der Waals surface area (Å²) in [7, 11) is -2.57. The highest BCUT2D eigenvalue weighted by Crippen LogP contribution is 2.24. The Kier molecular flexibility index (Phi) is 5.04. The number of carbonyl (C=O) groups is 2. The Morgan fingerprint density at radius 3 is 2.53 bits per heavy atom. The summed E-state index contributed by atoms with van der Waals surface area (Å²) < 4.78 is 24.9. The monoisotopic (exact) mass is 306 g/mol. The van der Waals surface area contributed by atoms with Crippen molar-refractivity contribution in [2.24, 2.45) is 0 Å². The minimum atomic E-state index is -3.84. The molecule has 0 aliphatic heterocycles. The molecule has 1 rings (SSSR count). The lowest BCUT2D eigenvalue weighted by Gasteiger charge is -2.15. The minimum absolute atomic E-state index is 0.0648. The van der Waals surface area contributed by atoms with E-state index in [1.54, 1.807) is 6.92 Å². The molecule has 1 aromatic heterocycles. The first-order valence-electron chi connectivity index (χ1n) is 5.35. The zero-order valence-corrected chi connectivity index (χ0v) is 12.0. The van der Waals surface area contributed by atoms with E-state index in [1.807, 2.05) is 0 Å². The Labute approximate surface area is 114 Å². The Morgan fingerprint density at radius 2 is 2.05 bits per heavy atom. The van der Waals surface area contributed by atoms with Gasteiger partial charge in [0.2, 0.25) is 5.91 Å². The predicted molar refractivity (Wildman–Crippen MR) is 69.8 cm³/mol. The van der Waals surface area contributed by atoms with Crippen molar-refractivity contribution in [1.82, 2.24) is 9.62 Å². The van der Waals surface area contributed by atoms with Crippen molar-refractivity contribution < 1.29 is 23.1 Å². The zero-order valence-electron chi connectivity index (χ0n) is 10.4. The maximum absolute atomic E-state index is 12.1. The van der Waals surface area contributed by atoms with Crippen molar-refractivity contribution in [3.8, 4) is 0 Å². The number of carbonyl (C=O) groups excluding carboxylic acids is 1. The summed E-state index contributed by atoms with van der Waals surface area (Å²) in [5.41, 5.74) is 0. The van der Waals surface area contributed by atoms with Crippen LogP contribution in [0.5, 0.6) is 0 Å². The first-order chi connectivity index (χ1) is 8.78. The molecule has 106 valence electrons. The number of carboxylic acids is 1. The molecule has 0 fully saturated rings. The van der Waals surface area contributed by atoms with Crippen LogP contribution in [0.1, 0.15) is 16.6 Å². The lowest BCUT2D eigenvalue weighted by Crippen LogP contribution is -2.37. The van der Waals surface area contributed by atoms with Crippen molar-refractivity contribution in [3.05, 3.63) is 17.0 Å². The molecule has 0 aliphatic rings. The van der Waals surface area contributed by atoms with Gasteiger partial charge in [-0.1, -0.05) is 0 Å². The van der Waals surface area contributed by atoms with E-state index in [-0.39, 0.29) is 15.6 Å². The minimum Gasteiger partial charge on any atom is -0.477 e. The zero-order chi connectivity index (χ0) is 14.6. The normalized spacial score (nSPS) is 11.5. The number of nitrogens with zero attached hydrogens (tertiary/aromatic N) is 1. The molecule has 0 bridgehead atoms. The fourth-order valence-electron chi connectivity index (χ4n) is 1.27. The molecular weight excluding hydrogens is 292 g/mol. The Morgan fingerprint density at radius 1 is 1.42 bits per heavy atom. The third kappa shape index (κ3) is 3.75. The van der Waals surface area contributed by atoms with Crippen molar-refractivity contribution in [3.63, 3.8) is 0 Å². The first kappa shape index (κ1) is 15.6. The molecular formula is C10H14N2O5S2. The summed E-state index contributed by atoms with van der Waals surface area (Å²) in [5, 5.41) is 11.2. The van der Waals surface area contributed by atoms with Crippen molar-refractivity contribution in [1.29, 1.82) is 0 Å². The summed E-state index contributed by atoms with van der Waals surface area (Å²) in [6.45, 7) is 1.83. The van der Waals surface area contributed by atoms with Gasteiger partial charge in [-0.2, -0.15) is 4.31 Å². The fourth-order valence-corrected chi connectivity index (χ4v) is 3.75. The van der Waals surface area contributed by atoms with Gasteiger partial charge in [0.1, 0.15) is 9.09 Å². The van der Waals surface area contributed by atoms with Gasteiger partial charge in [0.15, 0.2) is 0 Å². The molecule has 9 heteroatoms. The average molecular weight is 306 g/mol. The molecule has 1 aromatic rings. The molecule has 19 heavy (non-hydrogen) atoms. The van der Waals surface area contributed by atoms with Crippen LogP contribution in [0.3, 0.4) is 0 Å². The number of rotatable bonds is 6. The lowest BCUT2D eigenvalue weighted by molar-refractivity contribution is -0.121. The Bertz CT molecular complexity index is 578. The van der Waals surface area contributed by atoms with E-state index in [9.17, 15) is 18.0 Å². The van der Waals surface area contributed by atoms with Crippen molar-refractivity contribution in [2.75, 3.05) is 20.1 Å². The number of carboxylic acid groups (broad SMARTS) is 1. The highest BCUT2D eigenvalue weighted by atomic mass is 32.2. The van der Waals surface area contributed by atoms with Gasteiger partial charge in [0.25, 0.3) is 10.0 Å². The number of hydrogen-bond donors (Lipinski definition) is 2. The summed E-state index contributed by atoms with van der Waals surface area (Å²) in [4.78, 5) is 22.0. The van der Waals surface area contributed by atoms with E-state index < -0.39 is 21.9 Å². The lowest BCUT2D eigenvalue weighted by atomic mass is 10.5. The molecule has 7 nitrogen and oxygen atoms in total. The van der Waals surface area contributed by atoms with E-state index in [4.69, 9.17) is 5.11 Å². The first-order valence-corrected chi connectivity index (χ1v) is 7.61. The molecule has 0 aromatic carbocycles. The standard InChI is InChI=1S/C10H14N2O5S2/c1-3-11-8(13)6-12(2)19(16,17)9-5-4-7(18-9)10(14)15/h4-5H,3,6H2,1-2H3,(H,11,13)(H,14,15). The number of aromatic carboxylic acids is 1. The summed E-state index contributed by atoms with van der Waals surface area (Å²) in [6, 6.07) is 2.44. The third-order valence-corrected chi connectivity index (χ3v) is 5.54. The molecule has 1 amide bonds. The smallest absolute Gasteiger partial charge is 0.345 e. The van der Waals surface area contributed by atoms with E-state index in [0.29, 0.717) is 17.9 Å². The van der Waals surface area contributed by atoms with Gasteiger partial charge in [-0.15, -0.1) is 11.3 Å². The van der Waals surface area contributed by atoms with Crippen LogP contribution in [0.15, 0.2) is 16.3 Å². The van der Waals surface area contributed by atoms with Crippen LogP contribution in [-0.2, 0) is 14.8 Å². The van der Waals surface area contributed by atoms with Crippen LogP contribution in [-0.4, -0.2) is 49.8 Å². The van der Waals surface area contributed by atoms with Crippen LogP contribution in [0.2, 0.25) is 0 Å². The molecule has 0 spiro atoms. The van der Waals surface area contributed by atoms with Gasteiger partial charge >= 0.3 is 5.97 Å². The largest absolute Gasteiger partial charge is 0.477 e. The molecule has 0 saturated heterocycles. The SMILES string of the molecule is CCNC(=O)CN(C)S(=O)(=O)c1ccc(C(=O)O)s1. The molecule has 2 N–H and O–H groups in total. The molecule has 0 atom stereocenters. The van der Waals surface area contributed by atoms with E-state index in [2.05, 4.69) is 5.32 Å². The maximum atomic E-state index is 12.1. The maximum Gasteiger partial charge on any atom is 0.345 e. The molecule has 0 aliphatic carbocycles. The summed E-state index contributed by atoms with van der Waals surface area (Å²) in [6.07, 6.45) is 0. The second-order valence-electron chi connectivity index (χ2n) is 3.64. The quantitative estimate of drug-likeness (QED) is 0.781. The summed E-state index contributed by atoms with van der Waals surface area (Å²) >= 11 is 0.656. The van der Waals surface area contributed by atoms with Crippen LogP contribution in [0.25, 0.3) is 0 Å². The number of likely N-dealkylation sites (N-methyl/N-ethyl adjacent to an activating group) is 2. The second kappa shape index (κ2) is 6.13. The molecule has 0 radical (unpaired) electrons. The van der Waals surface area contributed by atoms with Gasteiger partial charge in [0.05, 0.1) is 6.54 Å². The second-order valence-corrected chi connectivity index (χ2v) is 6.99. The third-order valence-electron chi connectivity index (χ3n) is 2.20. The highest BCUT2D eigenvalue weighted by molar-refractivity contribution is 7.91. The highest BCUT2D eigenvalue weighted by Gasteiger charge is 2.25. The fraction of sp³-hybridized carbons (Fsp3) is 0.400. The average Bonchev–Trinajstić information content (AvgIpc) is 2.78. The topological polar surface area (TPSA) is 104 Å². The number of amides is 1. The van der Waals surface area contributed by atoms with Crippen molar-refractivity contribution >= 4 is 33.2 Å². The van der Waals surface area contributed by atoms with Gasteiger partial charge in [-0.3, -0.25) is 4.79 Å².